The molecule has 1 fully saturated rings. The molecule has 1 aromatic rings. The van der Waals surface area contributed by atoms with Crippen molar-refractivity contribution in [2.24, 2.45) is 18.2 Å². The van der Waals surface area contributed by atoms with E-state index in [1.807, 2.05) is 7.05 Å². The summed E-state index contributed by atoms with van der Waals surface area (Å²) in [6.45, 7) is 4.52. The van der Waals surface area contributed by atoms with Crippen LogP contribution in [0.25, 0.3) is 0 Å². The molecule has 1 aromatic heterocycles. The molecule has 0 aliphatic heterocycles. The summed E-state index contributed by atoms with van der Waals surface area (Å²) in [5, 5.41) is 8.39. The van der Waals surface area contributed by atoms with E-state index >= 15 is 0 Å². The average molecular weight is 194 g/mol. The Balaban J connectivity index is 2.27. The van der Waals surface area contributed by atoms with Gasteiger partial charge in [-0.2, -0.15) is 15.0 Å². The van der Waals surface area contributed by atoms with Crippen molar-refractivity contribution in [3.8, 4) is 0 Å². The molecule has 0 saturated heterocycles. The molecule has 14 heavy (non-hydrogen) atoms. The summed E-state index contributed by atoms with van der Waals surface area (Å²) in [6.07, 6.45) is 4.97. The molecule has 1 atom stereocenters. The van der Waals surface area contributed by atoms with Crippen LogP contribution >= 0.6 is 0 Å². The molecule has 0 spiro atoms. The van der Waals surface area contributed by atoms with E-state index in [1.165, 1.54) is 6.42 Å². The molecule has 4 heteroatoms. The van der Waals surface area contributed by atoms with Gasteiger partial charge in [-0.1, -0.05) is 13.8 Å². The van der Waals surface area contributed by atoms with Crippen LogP contribution in [-0.2, 0) is 12.6 Å². The normalized spacial score (nSPS) is 30.9. The molecule has 1 aliphatic carbocycles. The second kappa shape index (κ2) is 2.79. The number of aromatic nitrogens is 3. The molecular formula is C10H18N4. The van der Waals surface area contributed by atoms with Crippen molar-refractivity contribution >= 4 is 0 Å². The number of aryl methyl sites for hydroxylation is 1. The van der Waals surface area contributed by atoms with Crippen LogP contribution in [0.2, 0.25) is 0 Å². The molecule has 1 unspecified atom stereocenters. The van der Waals surface area contributed by atoms with Gasteiger partial charge < -0.3 is 5.73 Å². The molecule has 0 aromatic carbocycles. The van der Waals surface area contributed by atoms with Crippen molar-refractivity contribution in [3.63, 3.8) is 0 Å². The van der Waals surface area contributed by atoms with E-state index in [2.05, 4.69) is 24.0 Å². The minimum absolute atomic E-state index is 0.252. The van der Waals surface area contributed by atoms with Crippen LogP contribution in [0.3, 0.4) is 0 Å². The maximum absolute atomic E-state index is 6.35. The first-order valence-corrected chi connectivity index (χ1v) is 5.07. The van der Waals surface area contributed by atoms with Gasteiger partial charge in [0.25, 0.3) is 0 Å². The number of nitrogens with zero attached hydrogens (tertiary/aromatic N) is 3. The van der Waals surface area contributed by atoms with Crippen molar-refractivity contribution < 1.29 is 0 Å². The van der Waals surface area contributed by atoms with Gasteiger partial charge >= 0.3 is 0 Å². The Morgan fingerprint density at radius 2 is 2.14 bits per heavy atom. The van der Waals surface area contributed by atoms with Gasteiger partial charge in [0.05, 0.1) is 11.7 Å². The zero-order valence-corrected chi connectivity index (χ0v) is 9.12. The molecule has 0 amide bonds. The predicted octanol–water partition coefficient (Wildman–Crippen LogP) is 1.18. The van der Waals surface area contributed by atoms with Crippen molar-refractivity contribution in [3.05, 3.63) is 11.9 Å². The van der Waals surface area contributed by atoms with Gasteiger partial charge in [0.15, 0.2) is 0 Å². The van der Waals surface area contributed by atoms with Crippen molar-refractivity contribution in [2.45, 2.75) is 38.6 Å². The molecule has 1 heterocycles. The van der Waals surface area contributed by atoms with Gasteiger partial charge in [0.1, 0.15) is 5.69 Å². The first-order chi connectivity index (χ1) is 6.41. The molecule has 1 saturated carbocycles. The second-order valence-corrected chi connectivity index (χ2v) is 5.22. The second-order valence-electron chi connectivity index (χ2n) is 5.22. The molecule has 1 aliphatic rings. The van der Waals surface area contributed by atoms with E-state index in [1.54, 1.807) is 11.0 Å². The van der Waals surface area contributed by atoms with Gasteiger partial charge in [0.2, 0.25) is 0 Å². The zero-order chi connectivity index (χ0) is 10.4. The van der Waals surface area contributed by atoms with E-state index < -0.39 is 0 Å². The van der Waals surface area contributed by atoms with Crippen LogP contribution in [-0.4, -0.2) is 15.0 Å². The highest BCUT2D eigenvalue weighted by Crippen LogP contribution is 2.46. The van der Waals surface area contributed by atoms with Crippen molar-refractivity contribution in [1.82, 2.24) is 15.0 Å². The van der Waals surface area contributed by atoms with Crippen LogP contribution < -0.4 is 5.73 Å². The Morgan fingerprint density at radius 3 is 2.57 bits per heavy atom. The fraction of sp³-hybridized carbons (Fsp3) is 0.800. The third-order valence-electron chi connectivity index (χ3n) is 3.15. The smallest absolute Gasteiger partial charge is 0.103 e. The van der Waals surface area contributed by atoms with E-state index in [0.717, 1.165) is 18.5 Å². The Bertz CT molecular complexity index is 342. The lowest BCUT2D eigenvalue weighted by Gasteiger charge is -2.23. The van der Waals surface area contributed by atoms with E-state index in [-0.39, 0.29) is 5.54 Å². The fourth-order valence-electron chi connectivity index (χ4n) is 2.38. The standard InChI is InChI=1S/C10H18N4/c1-9(2)4-5-10(11,7-9)8-6-12-14(3)13-8/h6H,4-5,7,11H2,1-3H3. The van der Waals surface area contributed by atoms with E-state index in [0.29, 0.717) is 5.41 Å². The number of hydrogen-bond acceptors (Lipinski definition) is 3. The van der Waals surface area contributed by atoms with Crippen LogP contribution in [0.5, 0.6) is 0 Å². The Kier molecular flexibility index (Phi) is 1.93. The van der Waals surface area contributed by atoms with Gasteiger partial charge in [-0.15, -0.1) is 0 Å². The summed E-state index contributed by atoms with van der Waals surface area (Å²) >= 11 is 0. The lowest BCUT2D eigenvalue weighted by Crippen LogP contribution is -2.35. The Morgan fingerprint density at radius 1 is 1.43 bits per heavy atom. The third-order valence-corrected chi connectivity index (χ3v) is 3.15. The number of rotatable bonds is 1. The molecule has 2 rings (SSSR count). The van der Waals surface area contributed by atoms with Crippen LogP contribution in [0.1, 0.15) is 38.8 Å². The van der Waals surface area contributed by atoms with Crippen LogP contribution in [0.4, 0.5) is 0 Å². The summed E-state index contributed by atoms with van der Waals surface area (Å²) in [5.74, 6) is 0. The quantitative estimate of drug-likeness (QED) is 0.730. The van der Waals surface area contributed by atoms with Crippen molar-refractivity contribution in [1.29, 1.82) is 0 Å². The highest BCUT2D eigenvalue weighted by atomic mass is 15.5. The van der Waals surface area contributed by atoms with Gasteiger partial charge in [-0.05, 0) is 24.7 Å². The molecular weight excluding hydrogens is 176 g/mol. The fourth-order valence-corrected chi connectivity index (χ4v) is 2.38. The average Bonchev–Trinajstić information content (AvgIpc) is 2.57. The SMILES string of the molecule is Cn1ncc(C2(N)CCC(C)(C)C2)n1. The minimum atomic E-state index is -0.252. The van der Waals surface area contributed by atoms with Crippen LogP contribution in [0, 0.1) is 5.41 Å². The Hall–Kier alpha value is -0.900. The first kappa shape index (κ1) is 9.65. The van der Waals surface area contributed by atoms with Gasteiger partial charge in [0, 0.05) is 7.05 Å². The molecule has 0 radical (unpaired) electrons. The van der Waals surface area contributed by atoms with Crippen molar-refractivity contribution in [2.75, 3.05) is 0 Å². The van der Waals surface area contributed by atoms with Gasteiger partial charge in [-0.25, -0.2) is 0 Å². The van der Waals surface area contributed by atoms with Crippen LogP contribution in [0.15, 0.2) is 6.20 Å². The summed E-state index contributed by atoms with van der Waals surface area (Å²) in [6, 6.07) is 0. The molecule has 2 N–H and O–H groups in total. The molecule has 0 bridgehead atoms. The van der Waals surface area contributed by atoms with Gasteiger partial charge in [-0.3, -0.25) is 0 Å². The first-order valence-electron chi connectivity index (χ1n) is 5.07. The Labute approximate surface area is 84.5 Å². The lowest BCUT2D eigenvalue weighted by atomic mass is 9.87. The largest absolute Gasteiger partial charge is 0.320 e. The maximum Gasteiger partial charge on any atom is 0.103 e. The monoisotopic (exact) mass is 194 g/mol. The molecule has 4 nitrogen and oxygen atoms in total. The zero-order valence-electron chi connectivity index (χ0n) is 9.12. The highest BCUT2D eigenvalue weighted by molar-refractivity contribution is 5.14. The topological polar surface area (TPSA) is 56.7 Å². The number of hydrogen-bond donors (Lipinski definition) is 1. The van der Waals surface area contributed by atoms with E-state index in [4.69, 9.17) is 5.73 Å². The maximum atomic E-state index is 6.35. The third kappa shape index (κ3) is 1.54. The summed E-state index contributed by atoms with van der Waals surface area (Å²) in [7, 11) is 1.83. The lowest BCUT2D eigenvalue weighted by molar-refractivity contribution is 0.334. The minimum Gasteiger partial charge on any atom is -0.320 e. The summed E-state index contributed by atoms with van der Waals surface area (Å²) in [4.78, 5) is 1.58. The number of nitrogens with two attached hydrogens (primary N) is 1. The highest BCUT2D eigenvalue weighted by Gasteiger charge is 2.43. The summed E-state index contributed by atoms with van der Waals surface area (Å²) in [5.41, 5.74) is 7.38. The molecule has 78 valence electrons. The van der Waals surface area contributed by atoms with E-state index in [9.17, 15) is 0 Å². The summed E-state index contributed by atoms with van der Waals surface area (Å²) < 4.78 is 0. The predicted molar refractivity (Wildman–Crippen MR) is 54.5 cm³/mol.